The quantitative estimate of drug-likeness (QED) is 0.188. The second-order valence-electron chi connectivity index (χ2n) is 13.7. The molecule has 1 aliphatic heterocycles. The van der Waals surface area contributed by atoms with Crippen molar-refractivity contribution in [1.82, 2.24) is 9.13 Å². The third-order valence-corrected chi connectivity index (χ3v) is 10.9. The van der Waals surface area contributed by atoms with Gasteiger partial charge in [-0.1, -0.05) is 91.0 Å². The van der Waals surface area contributed by atoms with Gasteiger partial charge in [0.1, 0.15) is 11.2 Å². The topological polar surface area (TPSA) is 32.2 Å². The average Bonchev–Trinajstić information content (AvgIpc) is 3.86. The summed E-state index contributed by atoms with van der Waals surface area (Å²) in [5, 5.41) is 7.16. The first-order chi connectivity index (χ1) is 25.8. The van der Waals surface area contributed by atoms with Crippen LogP contribution in [0.3, 0.4) is 0 Å². The van der Waals surface area contributed by atoms with Gasteiger partial charge in [-0.2, -0.15) is 0 Å². The predicted octanol–water partition coefficient (Wildman–Crippen LogP) is 13.2. The molecule has 0 saturated carbocycles. The van der Waals surface area contributed by atoms with E-state index < -0.39 is 0 Å². The molecular formula is C48H28N2O2. The molecule has 11 aromatic rings. The van der Waals surface area contributed by atoms with E-state index >= 15 is 0 Å². The van der Waals surface area contributed by atoms with E-state index in [2.05, 4.69) is 161 Å². The summed E-state index contributed by atoms with van der Waals surface area (Å²) in [6.07, 6.45) is 0. The number of hydrogen-bond acceptors (Lipinski definition) is 2. The molecule has 4 heteroatoms. The number of hydrogen-bond donors (Lipinski definition) is 0. The fraction of sp³-hybridized carbons (Fsp3) is 0. The zero-order chi connectivity index (χ0) is 33.9. The summed E-state index contributed by atoms with van der Waals surface area (Å²) in [4.78, 5) is 0. The SMILES string of the molecule is c1ccc2c(c1)Oc1cc(-c3ccc(-n4c5ccccc5c5cc(-c6ccc7oc8ccccc8c7c6)ccc54)cc3)cc3c4ccccc4n-2c13. The highest BCUT2D eigenvalue weighted by Crippen LogP contribution is 2.47. The number of benzene rings is 8. The number of rotatable bonds is 3. The van der Waals surface area contributed by atoms with Crippen LogP contribution in [0, 0.1) is 0 Å². The Bertz CT molecular complexity index is 3270. The third kappa shape index (κ3) is 3.81. The van der Waals surface area contributed by atoms with Crippen LogP contribution in [0.15, 0.2) is 174 Å². The average molecular weight is 665 g/mol. The molecule has 0 unspecified atom stereocenters. The van der Waals surface area contributed by atoms with Crippen LogP contribution < -0.4 is 4.74 Å². The number of nitrogens with zero attached hydrogens (tertiary/aromatic N) is 2. The Hall–Kier alpha value is -7.04. The van der Waals surface area contributed by atoms with Gasteiger partial charge >= 0.3 is 0 Å². The van der Waals surface area contributed by atoms with Gasteiger partial charge in [0, 0.05) is 38.0 Å². The standard InChI is InChI=1S/C48H28N2O2/c1-4-12-40-34(9-1)37-25-30(31-20-24-45-38(26-31)36-11-3-7-15-44(36)51-45)19-23-42(37)49(40)33-21-17-29(18-22-33)32-27-39-35-10-2-5-13-41(35)50-43-14-6-8-16-46(43)52-47(28-32)48(39)50/h1-28H. The Balaban J connectivity index is 0.981. The van der Waals surface area contributed by atoms with Gasteiger partial charge in [-0.3, -0.25) is 0 Å². The molecule has 8 aromatic carbocycles. The van der Waals surface area contributed by atoms with E-state index in [-0.39, 0.29) is 0 Å². The van der Waals surface area contributed by atoms with Gasteiger partial charge in [0.15, 0.2) is 11.5 Å². The Labute approximate surface area is 297 Å². The highest BCUT2D eigenvalue weighted by molar-refractivity contribution is 6.14. The maximum Gasteiger partial charge on any atom is 0.152 e. The van der Waals surface area contributed by atoms with Crippen LogP contribution in [0.5, 0.6) is 11.5 Å². The molecule has 0 aliphatic carbocycles. The van der Waals surface area contributed by atoms with Crippen molar-refractivity contribution in [3.8, 4) is 45.1 Å². The molecule has 0 radical (unpaired) electrons. The summed E-state index contributed by atoms with van der Waals surface area (Å²) in [5.41, 5.74) is 13.3. The van der Waals surface area contributed by atoms with Crippen molar-refractivity contribution in [2.75, 3.05) is 0 Å². The molecular weight excluding hydrogens is 637 g/mol. The highest BCUT2D eigenvalue weighted by Gasteiger charge is 2.24. The zero-order valence-electron chi connectivity index (χ0n) is 27.9. The van der Waals surface area contributed by atoms with Crippen molar-refractivity contribution in [2.24, 2.45) is 0 Å². The van der Waals surface area contributed by atoms with E-state index in [0.29, 0.717) is 0 Å². The summed E-state index contributed by atoms with van der Waals surface area (Å²) in [7, 11) is 0. The molecule has 0 saturated heterocycles. The molecule has 0 spiro atoms. The molecule has 0 fully saturated rings. The van der Waals surface area contributed by atoms with Gasteiger partial charge < -0.3 is 18.3 Å². The molecule has 0 bridgehead atoms. The highest BCUT2D eigenvalue weighted by atomic mass is 16.5. The molecule has 242 valence electrons. The largest absolute Gasteiger partial charge is 0.456 e. The molecule has 52 heavy (non-hydrogen) atoms. The second kappa shape index (κ2) is 10.3. The second-order valence-corrected chi connectivity index (χ2v) is 13.7. The van der Waals surface area contributed by atoms with Crippen molar-refractivity contribution < 1.29 is 9.15 Å². The van der Waals surface area contributed by atoms with E-state index in [1.54, 1.807) is 0 Å². The van der Waals surface area contributed by atoms with Gasteiger partial charge in [-0.25, -0.2) is 0 Å². The summed E-state index contributed by atoms with van der Waals surface area (Å²) < 4.78 is 17.4. The number of fused-ring (bicyclic) bond motifs is 11. The first-order valence-corrected chi connectivity index (χ1v) is 17.7. The van der Waals surface area contributed by atoms with Crippen LogP contribution in [0.1, 0.15) is 0 Å². The van der Waals surface area contributed by atoms with Crippen LogP contribution in [0.25, 0.3) is 99.2 Å². The van der Waals surface area contributed by atoms with Crippen LogP contribution in [-0.4, -0.2) is 9.13 Å². The lowest BCUT2D eigenvalue weighted by Gasteiger charge is -2.21. The molecule has 0 amide bonds. The minimum atomic E-state index is 0.871. The molecule has 4 nitrogen and oxygen atoms in total. The monoisotopic (exact) mass is 664 g/mol. The van der Waals surface area contributed by atoms with Crippen LogP contribution in [-0.2, 0) is 0 Å². The summed E-state index contributed by atoms with van der Waals surface area (Å²) in [5.74, 6) is 1.75. The fourth-order valence-corrected chi connectivity index (χ4v) is 8.54. The minimum absolute atomic E-state index is 0.871. The van der Waals surface area contributed by atoms with Gasteiger partial charge in [0.25, 0.3) is 0 Å². The molecule has 1 aliphatic rings. The summed E-state index contributed by atoms with van der Waals surface area (Å²) in [6, 6.07) is 60.7. The van der Waals surface area contributed by atoms with E-state index in [1.165, 1.54) is 49.2 Å². The van der Waals surface area contributed by atoms with E-state index in [1.807, 2.05) is 18.2 Å². The fourth-order valence-electron chi connectivity index (χ4n) is 8.54. The van der Waals surface area contributed by atoms with Gasteiger partial charge in [-0.05, 0) is 101 Å². The number of furan rings is 1. The predicted molar refractivity (Wildman–Crippen MR) is 213 cm³/mol. The number of para-hydroxylation sites is 5. The lowest BCUT2D eigenvalue weighted by Crippen LogP contribution is -2.03. The van der Waals surface area contributed by atoms with Crippen molar-refractivity contribution in [1.29, 1.82) is 0 Å². The van der Waals surface area contributed by atoms with E-state index in [0.717, 1.165) is 61.5 Å². The van der Waals surface area contributed by atoms with Gasteiger partial charge in [0.2, 0.25) is 0 Å². The Morgan fingerprint density at radius 1 is 0.346 bits per heavy atom. The summed E-state index contributed by atoms with van der Waals surface area (Å²) in [6.45, 7) is 0. The first-order valence-electron chi connectivity index (χ1n) is 17.7. The van der Waals surface area contributed by atoms with Crippen LogP contribution in [0.2, 0.25) is 0 Å². The van der Waals surface area contributed by atoms with E-state index in [9.17, 15) is 0 Å². The first kappa shape index (κ1) is 27.7. The third-order valence-electron chi connectivity index (χ3n) is 10.9. The molecule has 3 aromatic heterocycles. The Morgan fingerprint density at radius 3 is 1.79 bits per heavy atom. The molecule has 4 heterocycles. The Kier molecular flexibility index (Phi) is 5.47. The Morgan fingerprint density at radius 2 is 0.942 bits per heavy atom. The lowest BCUT2D eigenvalue weighted by molar-refractivity contribution is 0.476. The maximum absolute atomic E-state index is 6.57. The van der Waals surface area contributed by atoms with Crippen LogP contribution in [0.4, 0.5) is 0 Å². The zero-order valence-corrected chi connectivity index (χ0v) is 27.9. The van der Waals surface area contributed by atoms with Gasteiger partial charge in [0.05, 0.1) is 27.8 Å². The van der Waals surface area contributed by atoms with Crippen LogP contribution >= 0.6 is 0 Å². The van der Waals surface area contributed by atoms with Crippen molar-refractivity contribution in [3.63, 3.8) is 0 Å². The number of aromatic nitrogens is 2. The maximum atomic E-state index is 6.57. The summed E-state index contributed by atoms with van der Waals surface area (Å²) >= 11 is 0. The van der Waals surface area contributed by atoms with Crippen molar-refractivity contribution in [3.05, 3.63) is 170 Å². The molecule has 12 rings (SSSR count). The normalized spacial score (nSPS) is 12.4. The minimum Gasteiger partial charge on any atom is -0.456 e. The smallest absolute Gasteiger partial charge is 0.152 e. The van der Waals surface area contributed by atoms with E-state index in [4.69, 9.17) is 9.15 Å². The molecule has 0 N–H and O–H groups in total. The number of ether oxygens (including phenoxy) is 1. The lowest BCUT2D eigenvalue weighted by atomic mass is 10.0. The van der Waals surface area contributed by atoms with Crippen molar-refractivity contribution in [2.45, 2.75) is 0 Å². The molecule has 0 atom stereocenters. The van der Waals surface area contributed by atoms with Crippen molar-refractivity contribution >= 4 is 65.6 Å². The van der Waals surface area contributed by atoms with Gasteiger partial charge in [-0.15, -0.1) is 0 Å².